The van der Waals surface area contributed by atoms with Crippen molar-refractivity contribution in [1.29, 1.82) is 0 Å². The highest BCUT2D eigenvalue weighted by Crippen LogP contribution is 2.33. The van der Waals surface area contributed by atoms with E-state index in [9.17, 15) is 4.79 Å². The number of carbonyl (C=O) groups is 1. The highest BCUT2D eigenvalue weighted by molar-refractivity contribution is 5.82. The zero-order chi connectivity index (χ0) is 12.4. The van der Waals surface area contributed by atoms with Crippen LogP contribution >= 0.6 is 0 Å². The lowest BCUT2D eigenvalue weighted by atomic mass is 9.74. The highest BCUT2D eigenvalue weighted by atomic mass is 16.6. The SMILES string of the molecule is Cc1nonc1CC1CC(C(C)C)CCC1=O. The van der Waals surface area contributed by atoms with Crippen LogP contribution in [0, 0.1) is 24.7 Å². The topological polar surface area (TPSA) is 56.0 Å². The van der Waals surface area contributed by atoms with Crippen LogP contribution in [0.2, 0.25) is 0 Å². The molecule has 1 aromatic rings. The van der Waals surface area contributed by atoms with Gasteiger partial charge < -0.3 is 0 Å². The molecule has 0 saturated heterocycles. The summed E-state index contributed by atoms with van der Waals surface area (Å²) < 4.78 is 4.69. The summed E-state index contributed by atoms with van der Waals surface area (Å²) in [7, 11) is 0. The summed E-state index contributed by atoms with van der Waals surface area (Å²) in [4.78, 5) is 11.9. The van der Waals surface area contributed by atoms with Crippen molar-refractivity contribution in [3.63, 3.8) is 0 Å². The molecule has 0 radical (unpaired) electrons. The van der Waals surface area contributed by atoms with E-state index in [1.54, 1.807) is 0 Å². The van der Waals surface area contributed by atoms with E-state index in [0.29, 0.717) is 24.0 Å². The van der Waals surface area contributed by atoms with Crippen LogP contribution in [0.25, 0.3) is 0 Å². The molecule has 0 amide bonds. The average Bonchev–Trinajstić information content (AvgIpc) is 2.67. The van der Waals surface area contributed by atoms with Crippen molar-refractivity contribution in [2.75, 3.05) is 0 Å². The first kappa shape index (κ1) is 12.3. The lowest BCUT2D eigenvalue weighted by Crippen LogP contribution is -2.29. The standard InChI is InChI=1S/C13H20N2O2/c1-8(2)10-4-5-13(16)11(6-10)7-12-9(3)14-17-15-12/h8,10-11H,4-7H2,1-3H3. The third kappa shape index (κ3) is 2.73. The van der Waals surface area contributed by atoms with Crippen molar-refractivity contribution in [1.82, 2.24) is 10.3 Å². The van der Waals surface area contributed by atoms with Gasteiger partial charge in [0.05, 0.1) is 0 Å². The zero-order valence-corrected chi connectivity index (χ0v) is 10.8. The Morgan fingerprint density at radius 3 is 2.76 bits per heavy atom. The Labute approximate surface area is 102 Å². The fourth-order valence-corrected chi connectivity index (χ4v) is 2.62. The van der Waals surface area contributed by atoms with Gasteiger partial charge in [0.25, 0.3) is 0 Å². The maximum Gasteiger partial charge on any atom is 0.136 e. The first-order chi connectivity index (χ1) is 8.08. The number of nitrogens with zero attached hydrogens (tertiary/aromatic N) is 2. The maximum atomic E-state index is 11.9. The van der Waals surface area contributed by atoms with Crippen molar-refractivity contribution < 1.29 is 9.42 Å². The molecule has 17 heavy (non-hydrogen) atoms. The third-order valence-electron chi connectivity index (χ3n) is 3.93. The summed E-state index contributed by atoms with van der Waals surface area (Å²) in [5.41, 5.74) is 1.65. The molecule has 94 valence electrons. The summed E-state index contributed by atoms with van der Waals surface area (Å²) in [6.07, 6.45) is 3.45. The van der Waals surface area contributed by atoms with Gasteiger partial charge in [-0.2, -0.15) is 0 Å². The normalized spacial score (nSPS) is 25.5. The lowest BCUT2D eigenvalue weighted by molar-refractivity contribution is -0.126. The Bertz CT molecular complexity index is 398. The quantitative estimate of drug-likeness (QED) is 0.809. The molecular weight excluding hydrogens is 216 g/mol. The average molecular weight is 236 g/mol. The molecule has 4 nitrogen and oxygen atoms in total. The second-order valence-corrected chi connectivity index (χ2v) is 5.44. The minimum atomic E-state index is 0.113. The molecule has 4 heteroatoms. The molecule has 1 heterocycles. The van der Waals surface area contributed by atoms with E-state index in [-0.39, 0.29) is 5.92 Å². The van der Waals surface area contributed by atoms with Crippen molar-refractivity contribution in [3.05, 3.63) is 11.4 Å². The van der Waals surface area contributed by atoms with E-state index < -0.39 is 0 Å². The van der Waals surface area contributed by atoms with Crippen LogP contribution in [0.4, 0.5) is 0 Å². The second-order valence-electron chi connectivity index (χ2n) is 5.44. The molecule has 2 unspecified atom stereocenters. The van der Waals surface area contributed by atoms with Gasteiger partial charge in [-0.05, 0) is 31.6 Å². The van der Waals surface area contributed by atoms with E-state index in [2.05, 4.69) is 28.8 Å². The molecule has 0 N–H and O–H groups in total. The van der Waals surface area contributed by atoms with Gasteiger partial charge in [-0.25, -0.2) is 4.63 Å². The second kappa shape index (κ2) is 4.98. The van der Waals surface area contributed by atoms with Crippen LogP contribution in [0.3, 0.4) is 0 Å². The monoisotopic (exact) mass is 236 g/mol. The summed E-state index contributed by atoms with van der Waals surface area (Å²) in [6.45, 7) is 6.35. The van der Waals surface area contributed by atoms with Gasteiger partial charge in [-0.15, -0.1) is 0 Å². The zero-order valence-electron chi connectivity index (χ0n) is 10.8. The number of ketones is 1. The van der Waals surface area contributed by atoms with E-state index in [4.69, 9.17) is 0 Å². The van der Waals surface area contributed by atoms with Crippen LogP contribution in [0.5, 0.6) is 0 Å². The van der Waals surface area contributed by atoms with Crippen molar-refractivity contribution in [2.24, 2.45) is 17.8 Å². The Morgan fingerprint density at radius 2 is 2.18 bits per heavy atom. The molecule has 2 atom stereocenters. The minimum absolute atomic E-state index is 0.113. The van der Waals surface area contributed by atoms with Gasteiger partial charge in [-0.1, -0.05) is 24.2 Å². The van der Waals surface area contributed by atoms with Gasteiger partial charge in [0.2, 0.25) is 0 Å². The number of aryl methyl sites for hydroxylation is 1. The van der Waals surface area contributed by atoms with Gasteiger partial charge in [-0.3, -0.25) is 4.79 Å². The van der Waals surface area contributed by atoms with Crippen molar-refractivity contribution in [3.8, 4) is 0 Å². The third-order valence-corrected chi connectivity index (χ3v) is 3.93. The summed E-state index contributed by atoms with van der Waals surface area (Å²) in [5, 5.41) is 7.64. The van der Waals surface area contributed by atoms with Gasteiger partial charge in [0.15, 0.2) is 0 Å². The predicted octanol–water partition coefficient (Wildman–Crippen LogP) is 2.56. The first-order valence-electron chi connectivity index (χ1n) is 6.38. The van der Waals surface area contributed by atoms with E-state index >= 15 is 0 Å². The molecule has 2 rings (SSSR count). The molecule has 0 aromatic carbocycles. The van der Waals surface area contributed by atoms with Crippen LogP contribution in [0.15, 0.2) is 4.63 Å². The molecule has 0 spiro atoms. The lowest BCUT2D eigenvalue weighted by Gasteiger charge is -2.30. The summed E-state index contributed by atoms with van der Waals surface area (Å²) in [5.74, 6) is 1.81. The summed E-state index contributed by atoms with van der Waals surface area (Å²) in [6, 6.07) is 0. The molecule has 1 saturated carbocycles. The van der Waals surface area contributed by atoms with Crippen LogP contribution in [-0.4, -0.2) is 16.1 Å². The molecular formula is C13H20N2O2. The molecule has 1 aliphatic carbocycles. The Hall–Kier alpha value is -1.19. The first-order valence-corrected chi connectivity index (χ1v) is 6.38. The molecule has 1 fully saturated rings. The Morgan fingerprint density at radius 1 is 1.41 bits per heavy atom. The summed E-state index contributed by atoms with van der Waals surface area (Å²) >= 11 is 0. The van der Waals surface area contributed by atoms with Gasteiger partial charge >= 0.3 is 0 Å². The van der Waals surface area contributed by atoms with Crippen LogP contribution in [-0.2, 0) is 11.2 Å². The molecule has 0 bridgehead atoms. The molecule has 0 aliphatic heterocycles. The highest BCUT2D eigenvalue weighted by Gasteiger charge is 2.31. The molecule has 1 aromatic heterocycles. The number of rotatable bonds is 3. The Kier molecular flexibility index (Phi) is 3.60. The number of carbonyl (C=O) groups excluding carboxylic acids is 1. The van der Waals surface area contributed by atoms with Crippen LogP contribution < -0.4 is 0 Å². The largest absolute Gasteiger partial charge is 0.299 e. The van der Waals surface area contributed by atoms with E-state index in [1.807, 2.05) is 6.92 Å². The van der Waals surface area contributed by atoms with Crippen LogP contribution in [0.1, 0.15) is 44.5 Å². The number of Topliss-reactive ketones (excluding diaryl/α,β-unsaturated/α-hetero) is 1. The number of aromatic nitrogens is 2. The number of hydrogen-bond acceptors (Lipinski definition) is 4. The van der Waals surface area contributed by atoms with Gasteiger partial charge in [0.1, 0.15) is 17.2 Å². The van der Waals surface area contributed by atoms with Gasteiger partial charge in [0, 0.05) is 18.8 Å². The Balaban J connectivity index is 2.03. The van der Waals surface area contributed by atoms with E-state index in [1.165, 1.54) is 0 Å². The smallest absolute Gasteiger partial charge is 0.136 e. The van der Waals surface area contributed by atoms with Crippen molar-refractivity contribution in [2.45, 2.75) is 46.5 Å². The van der Waals surface area contributed by atoms with E-state index in [0.717, 1.165) is 30.7 Å². The van der Waals surface area contributed by atoms with Crippen molar-refractivity contribution >= 4 is 5.78 Å². The fourth-order valence-electron chi connectivity index (χ4n) is 2.62. The maximum absolute atomic E-state index is 11.9. The fraction of sp³-hybridized carbons (Fsp3) is 0.769. The minimum Gasteiger partial charge on any atom is -0.299 e. The number of hydrogen-bond donors (Lipinski definition) is 0. The predicted molar refractivity (Wildman–Crippen MR) is 63.4 cm³/mol. The molecule has 1 aliphatic rings.